The van der Waals surface area contributed by atoms with Crippen LogP contribution in [-0.4, -0.2) is 68.5 Å². The number of phosphoric ester groups is 1. The Morgan fingerprint density at radius 1 is 0.479 bits per heavy atom. The van der Waals surface area contributed by atoms with Gasteiger partial charge in [-0.15, -0.1) is 0 Å². The van der Waals surface area contributed by atoms with Gasteiger partial charge in [0.25, 0.3) is 7.82 Å². The van der Waals surface area contributed by atoms with E-state index in [2.05, 4.69) is 31.3 Å². The molecule has 0 fully saturated rings. The lowest BCUT2D eigenvalue weighted by Crippen LogP contribution is -2.45. The second kappa shape index (κ2) is 53.8. The Labute approximate surface area is 443 Å². The minimum absolute atomic E-state index is 0.00114. The van der Waals surface area contributed by atoms with Crippen LogP contribution >= 0.6 is 7.82 Å². The summed E-state index contributed by atoms with van der Waals surface area (Å²) >= 11 is 0. The Hall–Kier alpha value is -1.02. The largest absolute Gasteiger partial charge is 0.756 e. The molecule has 3 atom stereocenters. The monoisotopic (exact) mass is 1020 g/mol. The van der Waals surface area contributed by atoms with Gasteiger partial charge in [-0.05, 0) is 44.9 Å². The molecule has 1 amide bonds. The quantitative estimate of drug-likeness (QED) is 0.0272. The minimum Gasteiger partial charge on any atom is -0.756 e. The van der Waals surface area contributed by atoms with Gasteiger partial charge in [-0.2, -0.15) is 0 Å². The smallest absolute Gasteiger partial charge is 0.268 e. The zero-order valence-electron chi connectivity index (χ0n) is 48.2. The number of carbonyl (C=O) groups is 1. The number of nitrogens with zero attached hydrogens (tertiary/aromatic N) is 1. The van der Waals surface area contributed by atoms with Crippen molar-refractivity contribution in [3.05, 3.63) is 24.3 Å². The number of aliphatic hydroxyl groups excluding tert-OH is 1. The maximum Gasteiger partial charge on any atom is 0.268 e. The maximum absolute atomic E-state index is 13.0. The number of rotatable bonds is 58. The number of hydrogen-bond acceptors (Lipinski definition) is 6. The standard InChI is InChI=1S/C62H123N2O6P/c1-6-8-10-12-14-16-18-20-22-24-26-28-29-30-31-32-33-34-35-36-38-40-42-44-46-48-50-52-54-56-62(66)63-60(59-70-71(67,68)69-58-57-64(3,4)5)61(65)55-53-51-49-47-45-43-41-39-37-27-25-23-21-19-17-15-13-11-9-7-2/h30-31,53,55,60-61,65H,6-29,32-52,54,56-59H2,1-5H3,(H-,63,66,67,68)/b31-30-,55-53+. The second-order valence-corrected chi connectivity index (χ2v) is 24.2. The normalized spacial score (nSPS) is 14.0. The van der Waals surface area contributed by atoms with E-state index in [1.54, 1.807) is 6.08 Å². The molecule has 71 heavy (non-hydrogen) atoms. The Morgan fingerprint density at radius 3 is 1.10 bits per heavy atom. The molecule has 0 saturated carbocycles. The summed E-state index contributed by atoms with van der Waals surface area (Å²) in [4.78, 5) is 25.5. The number of likely N-dealkylation sites (N-methyl/N-ethyl adjacent to an activating group) is 1. The molecule has 0 saturated heterocycles. The molecule has 0 aliphatic carbocycles. The molecule has 3 unspecified atom stereocenters. The van der Waals surface area contributed by atoms with Crippen molar-refractivity contribution in [2.24, 2.45) is 0 Å². The van der Waals surface area contributed by atoms with Gasteiger partial charge < -0.3 is 28.8 Å². The van der Waals surface area contributed by atoms with Crippen molar-refractivity contribution in [2.75, 3.05) is 40.9 Å². The van der Waals surface area contributed by atoms with Crippen LogP contribution < -0.4 is 10.2 Å². The van der Waals surface area contributed by atoms with Crippen molar-refractivity contribution < 1.29 is 32.9 Å². The average Bonchev–Trinajstić information content (AvgIpc) is 3.33. The summed E-state index contributed by atoms with van der Waals surface area (Å²) in [7, 11) is 1.28. The molecule has 0 aromatic heterocycles. The Bertz CT molecular complexity index is 1210. The molecule has 0 aromatic rings. The SMILES string of the molecule is CCCCCCCCCCCCCC/C=C\CCCCCCCCCCCCCCCC(=O)NC(COP(=O)([O-])OCC[N+](C)(C)C)C(O)/C=C/CCCCCCCCCCCCCCCCCCCC. The number of aliphatic hydroxyl groups is 1. The molecule has 2 N–H and O–H groups in total. The lowest BCUT2D eigenvalue weighted by molar-refractivity contribution is -0.870. The van der Waals surface area contributed by atoms with Gasteiger partial charge in [0.2, 0.25) is 5.91 Å². The number of nitrogens with one attached hydrogen (secondary N) is 1. The maximum atomic E-state index is 13.0. The first-order valence-corrected chi connectivity index (χ1v) is 32.7. The predicted molar refractivity (Wildman–Crippen MR) is 307 cm³/mol. The molecule has 0 aromatic carbocycles. The first kappa shape index (κ1) is 70.0. The zero-order chi connectivity index (χ0) is 52.0. The molecular formula is C62H123N2O6P. The van der Waals surface area contributed by atoms with E-state index in [9.17, 15) is 19.4 Å². The molecule has 0 heterocycles. The van der Waals surface area contributed by atoms with Gasteiger partial charge in [0.15, 0.2) is 0 Å². The summed E-state index contributed by atoms with van der Waals surface area (Å²) in [6, 6.07) is -0.885. The molecule has 0 aliphatic rings. The minimum atomic E-state index is -4.60. The third kappa shape index (κ3) is 56.5. The summed E-state index contributed by atoms with van der Waals surface area (Å²) < 4.78 is 23.4. The molecule has 0 rings (SSSR count). The highest BCUT2D eigenvalue weighted by molar-refractivity contribution is 7.45. The van der Waals surface area contributed by atoms with E-state index in [4.69, 9.17) is 9.05 Å². The summed E-state index contributed by atoms with van der Waals surface area (Å²) in [6.07, 6.45) is 68.4. The van der Waals surface area contributed by atoms with Crippen molar-refractivity contribution in [1.82, 2.24) is 5.32 Å². The lowest BCUT2D eigenvalue weighted by atomic mass is 10.0. The summed E-state index contributed by atoms with van der Waals surface area (Å²) in [6.45, 7) is 4.70. The number of carbonyl (C=O) groups excluding carboxylic acids is 1. The van der Waals surface area contributed by atoms with Gasteiger partial charge in [-0.25, -0.2) is 0 Å². The molecule has 0 spiro atoms. The van der Waals surface area contributed by atoms with Gasteiger partial charge in [-0.1, -0.05) is 289 Å². The molecular weight excluding hydrogens is 900 g/mol. The van der Waals surface area contributed by atoms with Crippen LogP contribution in [0.3, 0.4) is 0 Å². The Morgan fingerprint density at radius 2 is 0.775 bits per heavy atom. The van der Waals surface area contributed by atoms with Crippen LogP contribution in [0.1, 0.15) is 316 Å². The van der Waals surface area contributed by atoms with Crippen molar-refractivity contribution >= 4 is 13.7 Å². The molecule has 422 valence electrons. The van der Waals surface area contributed by atoms with E-state index >= 15 is 0 Å². The van der Waals surface area contributed by atoms with Crippen LogP contribution in [0.2, 0.25) is 0 Å². The zero-order valence-corrected chi connectivity index (χ0v) is 49.1. The number of allylic oxidation sites excluding steroid dienone is 3. The highest BCUT2D eigenvalue weighted by Gasteiger charge is 2.23. The third-order valence-electron chi connectivity index (χ3n) is 14.4. The fraction of sp³-hybridized carbons (Fsp3) is 0.919. The Kier molecular flexibility index (Phi) is 53.0. The lowest BCUT2D eigenvalue weighted by Gasteiger charge is -2.29. The molecule has 0 bridgehead atoms. The third-order valence-corrected chi connectivity index (χ3v) is 15.4. The first-order valence-electron chi connectivity index (χ1n) is 31.2. The molecule has 0 radical (unpaired) electrons. The summed E-state index contributed by atoms with van der Waals surface area (Å²) in [5.74, 6) is -0.192. The van der Waals surface area contributed by atoms with E-state index in [0.717, 1.165) is 38.5 Å². The molecule has 8 nitrogen and oxygen atoms in total. The fourth-order valence-corrected chi connectivity index (χ4v) is 10.2. The van der Waals surface area contributed by atoms with E-state index in [1.165, 1.54) is 257 Å². The topological polar surface area (TPSA) is 108 Å². The van der Waals surface area contributed by atoms with Crippen LogP contribution in [-0.2, 0) is 18.4 Å². The van der Waals surface area contributed by atoms with Crippen molar-refractivity contribution in [3.8, 4) is 0 Å². The Balaban J connectivity index is 4.10. The van der Waals surface area contributed by atoms with Crippen LogP contribution in [0.15, 0.2) is 24.3 Å². The van der Waals surface area contributed by atoms with E-state index in [1.807, 2.05) is 27.2 Å². The first-order chi connectivity index (χ1) is 34.5. The van der Waals surface area contributed by atoms with Crippen molar-refractivity contribution in [3.63, 3.8) is 0 Å². The van der Waals surface area contributed by atoms with Gasteiger partial charge in [0.1, 0.15) is 13.2 Å². The molecule has 9 heteroatoms. The molecule has 0 aliphatic heterocycles. The highest BCUT2D eigenvalue weighted by Crippen LogP contribution is 2.38. The average molecular weight is 1020 g/mol. The van der Waals surface area contributed by atoms with Crippen molar-refractivity contribution in [2.45, 2.75) is 328 Å². The van der Waals surface area contributed by atoms with Gasteiger partial charge in [-0.3, -0.25) is 9.36 Å². The number of quaternary nitrogens is 1. The second-order valence-electron chi connectivity index (χ2n) is 22.8. The van der Waals surface area contributed by atoms with Crippen molar-refractivity contribution in [1.29, 1.82) is 0 Å². The van der Waals surface area contributed by atoms with Crippen LogP contribution in [0.25, 0.3) is 0 Å². The predicted octanol–water partition coefficient (Wildman–Crippen LogP) is 18.5. The van der Waals surface area contributed by atoms with Crippen LogP contribution in [0.5, 0.6) is 0 Å². The number of unbranched alkanes of at least 4 members (excludes halogenated alkanes) is 43. The highest BCUT2D eigenvalue weighted by atomic mass is 31.2. The number of amides is 1. The van der Waals surface area contributed by atoms with E-state index < -0.39 is 20.0 Å². The van der Waals surface area contributed by atoms with Gasteiger partial charge >= 0.3 is 0 Å². The van der Waals surface area contributed by atoms with Crippen LogP contribution in [0, 0.1) is 0 Å². The van der Waals surface area contributed by atoms with Crippen LogP contribution in [0.4, 0.5) is 0 Å². The number of hydrogen-bond donors (Lipinski definition) is 2. The fourth-order valence-electron chi connectivity index (χ4n) is 9.50. The summed E-state index contributed by atoms with van der Waals surface area (Å²) in [5.41, 5.74) is 0. The van der Waals surface area contributed by atoms with Gasteiger partial charge in [0.05, 0.1) is 39.9 Å². The van der Waals surface area contributed by atoms with Gasteiger partial charge in [0, 0.05) is 6.42 Å². The number of phosphoric acid groups is 1. The van der Waals surface area contributed by atoms with E-state index in [0.29, 0.717) is 17.4 Å². The summed E-state index contributed by atoms with van der Waals surface area (Å²) in [5, 5.41) is 13.9. The van der Waals surface area contributed by atoms with E-state index in [-0.39, 0.29) is 19.1 Å².